The Balaban J connectivity index is 1.38. The fraction of sp³-hybridized carbons (Fsp3) is 0.500. The van der Waals surface area contributed by atoms with Crippen LogP contribution >= 0.6 is 0 Å². The molecule has 0 aromatic heterocycles. The standard InChI is InChI=1S/C22H29N3O5/c1-24(21(27)16-30-22(28)14-17-4-2-3-5-17)15-20(26)23-18-6-8-19(9-7-18)25-10-12-29-13-11-25/h2,4,6-9,17H,3,5,10-16H2,1H3,(H,23,26)/t17-/m1/s1. The highest BCUT2D eigenvalue weighted by molar-refractivity contribution is 5.95. The van der Waals surface area contributed by atoms with E-state index in [9.17, 15) is 14.4 Å². The molecule has 1 saturated heterocycles. The molecule has 2 aliphatic rings. The third-order valence-electron chi connectivity index (χ3n) is 5.23. The number of benzene rings is 1. The van der Waals surface area contributed by atoms with Gasteiger partial charge in [-0.15, -0.1) is 0 Å². The number of carbonyl (C=O) groups is 3. The van der Waals surface area contributed by atoms with Gasteiger partial charge in [0.25, 0.3) is 5.91 Å². The van der Waals surface area contributed by atoms with E-state index in [1.807, 2.05) is 36.4 Å². The Morgan fingerprint density at radius 2 is 1.93 bits per heavy atom. The van der Waals surface area contributed by atoms with Crippen LogP contribution in [0.4, 0.5) is 11.4 Å². The number of morpholine rings is 1. The van der Waals surface area contributed by atoms with Crippen LogP contribution in [0.5, 0.6) is 0 Å². The van der Waals surface area contributed by atoms with Gasteiger partial charge >= 0.3 is 5.97 Å². The Bertz CT molecular complexity index is 771. The number of allylic oxidation sites excluding steroid dienone is 2. The average molecular weight is 415 g/mol. The molecular formula is C22H29N3O5. The lowest BCUT2D eigenvalue weighted by molar-refractivity contribution is -0.152. The van der Waals surface area contributed by atoms with Crippen molar-refractivity contribution in [1.29, 1.82) is 0 Å². The first-order chi connectivity index (χ1) is 14.5. The highest BCUT2D eigenvalue weighted by Gasteiger charge is 2.18. The van der Waals surface area contributed by atoms with Crippen molar-refractivity contribution in [2.24, 2.45) is 5.92 Å². The van der Waals surface area contributed by atoms with E-state index in [-0.39, 0.29) is 31.4 Å². The predicted octanol–water partition coefficient (Wildman–Crippen LogP) is 1.82. The molecule has 0 saturated carbocycles. The first-order valence-electron chi connectivity index (χ1n) is 10.3. The van der Waals surface area contributed by atoms with Crippen molar-refractivity contribution < 1.29 is 23.9 Å². The summed E-state index contributed by atoms with van der Waals surface area (Å²) >= 11 is 0. The molecule has 0 radical (unpaired) electrons. The minimum atomic E-state index is -0.414. The van der Waals surface area contributed by atoms with Gasteiger partial charge in [-0.2, -0.15) is 0 Å². The van der Waals surface area contributed by atoms with Crippen LogP contribution in [-0.2, 0) is 23.9 Å². The third-order valence-corrected chi connectivity index (χ3v) is 5.23. The summed E-state index contributed by atoms with van der Waals surface area (Å²) in [5, 5.41) is 2.78. The van der Waals surface area contributed by atoms with E-state index >= 15 is 0 Å². The number of ether oxygens (including phenoxy) is 2. The number of hydrogen-bond donors (Lipinski definition) is 1. The van der Waals surface area contributed by atoms with Gasteiger partial charge in [0.15, 0.2) is 6.61 Å². The second-order valence-electron chi connectivity index (χ2n) is 7.57. The second-order valence-corrected chi connectivity index (χ2v) is 7.57. The van der Waals surface area contributed by atoms with Gasteiger partial charge in [-0.3, -0.25) is 14.4 Å². The number of nitrogens with zero attached hydrogens (tertiary/aromatic N) is 2. The first kappa shape index (κ1) is 21.8. The minimum Gasteiger partial charge on any atom is -0.456 e. The second kappa shape index (κ2) is 10.8. The molecule has 1 aromatic carbocycles. The topological polar surface area (TPSA) is 88.2 Å². The number of anilines is 2. The molecular weight excluding hydrogens is 386 g/mol. The van der Waals surface area contributed by atoms with E-state index in [1.54, 1.807) is 0 Å². The average Bonchev–Trinajstić information content (AvgIpc) is 3.26. The number of carbonyl (C=O) groups excluding carboxylic acids is 3. The van der Waals surface area contributed by atoms with Crippen molar-refractivity contribution in [3.63, 3.8) is 0 Å². The summed E-state index contributed by atoms with van der Waals surface area (Å²) < 4.78 is 10.4. The SMILES string of the molecule is CN(CC(=O)Nc1ccc(N2CCOCC2)cc1)C(=O)COC(=O)C[C@@H]1C=CCC1. The van der Waals surface area contributed by atoms with E-state index < -0.39 is 11.9 Å². The monoisotopic (exact) mass is 415 g/mol. The van der Waals surface area contributed by atoms with E-state index in [1.165, 1.54) is 11.9 Å². The maximum absolute atomic E-state index is 12.2. The molecule has 3 rings (SSSR count). The van der Waals surface area contributed by atoms with Crippen molar-refractivity contribution in [1.82, 2.24) is 4.90 Å². The molecule has 0 unspecified atom stereocenters. The highest BCUT2D eigenvalue weighted by Crippen LogP contribution is 2.21. The summed E-state index contributed by atoms with van der Waals surface area (Å²) in [6.45, 7) is 2.65. The Morgan fingerprint density at radius 3 is 2.60 bits per heavy atom. The van der Waals surface area contributed by atoms with Gasteiger partial charge in [-0.25, -0.2) is 0 Å². The zero-order chi connectivity index (χ0) is 21.3. The van der Waals surface area contributed by atoms with Crippen molar-refractivity contribution in [2.45, 2.75) is 19.3 Å². The Kier molecular flexibility index (Phi) is 7.84. The molecule has 162 valence electrons. The van der Waals surface area contributed by atoms with Gasteiger partial charge < -0.3 is 24.6 Å². The lowest BCUT2D eigenvalue weighted by atomic mass is 10.1. The van der Waals surface area contributed by atoms with Gasteiger partial charge in [-0.05, 0) is 43.0 Å². The van der Waals surface area contributed by atoms with E-state index in [2.05, 4.69) is 10.2 Å². The summed E-state index contributed by atoms with van der Waals surface area (Å²) in [5.74, 6) is -0.917. The number of esters is 1. The van der Waals surface area contributed by atoms with Crippen molar-refractivity contribution in [3.05, 3.63) is 36.4 Å². The van der Waals surface area contributed by atoms with Crippen molar-refractivity contribution in [2.75, 3.05) is 56.7 Å². The van der Waals surface area contributed by atoms with Gasteiger partial charge in [0.1, 0.15) is 0 Å². The number of rotatable bonds is 8. The first-order valence-corrected chi connectivity index (χ1v) is 10.3. The normalized spacial score (nSPS) is 18.2. The molecule has 8 heteroatoms. The van der Waals surface area contributed by atoms with Crippen LogP contribution in [0.2, 0.25) is 0 Å². The fourth-order valence-electron chi connectivity index (χ4n) is 3.47. The summed E-state index contributed by atoms with van der Waals surface area (Å²) in [5.41, 5.74) is 1.74. The van der Waals surface area contributed by atoms with Crippen molar-refractivity contribution in [3.8, 4) is 0 Å². The van der Waals surface area contributed by atoms with Crippen molar-refractivity contribution >= 4 is 29.2 Å². The van der Waals surface area contributed by atoms with Gasteiger partial charge in [-0.1, -0.05) is 12.2 Å². The lowest BCUT2D eigenvalue weighted by Gasteiger charge is -2.28. The highest BCUT2D eigenvalue weighted by atomic mass is 16.5. The van der Waals surface area contributed by atoms with E-state index in [0.29, 0.717) is 18.9 Å². The maximum atomic E-state index is 12.2. The fourth-order valence-corrected chi connectivity index (χ4v) is 3.47. The summed E-state index contributed by atoms with van der Waals surface area (Å²) in [4.78, 5) is 39.7. The molecule has 2 amide bonds. The van der Waals surface area contributed by atoms with Crippen LogP contribution in [0.25, 0.3) is 0 Å². The third kappa shape index (κ3) is 6.59. The Hall–Kier alpha value is -2.87. The molecule has 0 spiro atoms. The molecule has 1 fully saturated rings. The molecule has 30 heavy (non-hydrogen) atoms. The number of amides is 2. The van der Waals surface area contributed by atoms with Crippen LogP contribution < -0.4 is 10.2 Å². The van der Waals surface area contributed by atoms with Gasteiger partial charge in [0.05, 0.1) is 26.2 Å². The van der Waals surface area contributed by atoms with E-state index in [0.717, 1.165) is 31.6 Å². The zero-order valence-electron chi connectivity index (χ0n) is 17.3. The summed E-state index contributed by atoms with van der Waals surface area (Å²) in [6.07, 6.45) is 6.26. The number of likely N-dealkylation sites (N-methyl/N-ethyl adjacent to an activating group) is 1. The Labute approximate surface area is 176 Å². The Morgan fingerprint density at radius 1 is 1.20 bits per heavy atom. The predicted molar refractivity (Wildman–Crippen MR) is 113 cm³/mol. The zero-order valence-corrected chi connectivity index (χ0v) is 17.3. The molecule has 1 heterocycles. The summed E-state index contributed by atoms with van der Waals surface area (Å²) in [6, 6.07) is 7.58. The minimum absolute atomic E-state index is 0.118. The quantitative estimate of drug-likeness (QED) is 0.515. The van der Waals surface area contributed by atoms with Crippen LogP contribution in [0.1, 0.15) is 19.3 Å². The molecule has 1 aromatic rings. The summed E-state index contributed by atoms with van der Waals surface area (Å²) in [7, 11) is 1.51. The maximum Gasteiger partial charge on any atom is 0.306 e. The number of nitrogens with one attached hydrogen (secondary N) is 1. The molecule has 1 aliphatic carbocycles. The lowest BCUT2D eigenvalue weighted by Crippen LogP contribution is -2.37. The molecule has 8 nitrogen and oxygen atoms in total. The van der Waals surface area contributed by atoms with Crippen LogP contribution in [-0.4, -0.2) is 69.2 Å². The smallest absolute Gasteiger partial charge is 0.306 e. The van der Waals surface area contributed by atoms with E-state index in [4.69, 9.17) is 9.47 Å². The largest absolute Gasteiger partial charge is 0.456 e. The van der Waals surface area contributed by atoms with Crippen LogP contribution in [0, 0.1) is 5.92 Å². The molecule has 1 aliphatic heterocycles. The molecule has 1 atom stereocenters. The number of hydrogen-bond acceptors (Lipinski definition) is 6. The van der Waals surface area contributed by atoms with Gasteiger partial charge in [0, 0.05) is 31.5 Å². The van der Waals surface area contributed by atoms with Crippen LogP contribution in [0.15, 0.2) is 36.4 Å². The van der Waals surface area contributed by atoms with Gasteiger partial charge in [0.2, 0.25) is 5.91 Å². The van der Waals surface area contributed by atoms with Crippen LogP contribution in [0.3, 0.4) is 0 Å². The molecule has 0 bridgehead atoms. The molecule has 1 N–H and O–H groups in total.